The van der Waals surface area contributed by atoms with Gasteiger partial charge < -0.3 is 10.1 Å². The first-order chi connectivity index (χ1) is 14.1. The van der Waals surface area contributed by atoms with Crippen molar-refractivity contribution in [2.45, 2.75) is 13.5 Å². The van der Waals surface area contributed by atoms with E-state index in [9.17, 15) is 4.79 Å². The van der Waals surface area contributed by atoms with Crippen molar-refractivity contribution in [1.29, 1.82) is 0 Å². The minimum absolute atomic E-state index is 0.167. The van der Waals surface area contributed by atoms with Crippen LogP contribution >= 0.6 is 11.6 Å². The van der Waals surface area contributed by atoms with Gasteiger partial charge in [-0.3, -0.25) is 9.78 Å². The number of benzene rings is 3. The van der Waals surface area contributed by atoms with Crippen LogP contribution in [0, 0.1) is 6.92 Å². The molecular formula is C24H19ClN2O2. The number of fused-ring (bicyclic) bond motifs is 1. The van der Waals surface area contributed by atoms with Crippen LogP contribution in [0.15, 0.2) is 78.9 Å². The van der Waals surface area contributed by atoms with Crippen molar-refractivity contribution in [2.75, 3.05) is 5.32 Å². The number of nitrogens with one attached hydrogen (secondary N) is 1. The molecule has 29 heavy (non-hydrogen) atoms. The van der Waals surface area contributed by atoms with Crippen molar-refractivity contribution in [3.63, 3.8) is 0 Å². The molecule has 4 aromatic rings. The Kier molecular flexibility index (Phi) is 5.45. The number of rotatable bonds is 5. The smallest absolute Gasteiger partial charge is 0.255 e. The summed E-state index contributed by atoms with van der Waals surface area (Å²) in [7, 11) is 0. The molecule has 144 valence electrons. The van der Waals surface area contributed by atoms with E-state index < -0.39 is 0 Å². The van der Waals surface area contributed by atoms with Crippen LogP contribution in [0.4, 0.5) is 5.69 Å². The fourth-order valence-corrected chi connectivity index (χ4v) is 3.27. The van der Waals surface area contributed by atoms with Gasteiger partial charge in [-0.2, -0.15) is 0 Å². The first-order valence-corrected chi connectivity index (χ1v) is 9.62. The zero-order valence-electron chi connectivity index (χ0n) is 15.9. The second-order valence-electron chi connectivity index (χ2n) is 6.70. The normalized spacial score (nSPS) is 10.7. The molecule has 4 rings (SSSR count). The molecule has 0 spiro atoms. The van der Waals surface area contributed by atoms with Crippen LogP contribution in [0.1, 0.15) is 21.6 Å². The second kappa shape index (κ2) is 8.33. The van der Waals surface area contributed by atoms with Crippen LogP contribution in [0.5, 0.6) is 5.75 Å². The summed E-state index contributed by atoms with van der Waals surface area (Å²) in [6, 6.07) is 24.3. The Morgan fingerprint density at radius 3 is 2.52 bits per heavy atom. The fraction of sp³-hybridized carbons (Fsp3) is 0.0833. The molecule has 0 bridgehead atoms. The summed E-state index contributed by atoms with van der Waals surface area (Å²) in [5.41, 5.74) is 3.99. The van der Waals surface area contributed by atoms with Crippen LogP contribution in [-0.2, 0) is 6.61 Å². The first-order valence-electron chi connectivity index (χ1n) is 9.24. The average molecular weight is 403 g/mol. The number of hydrogen-bond acceptors (Lipinski definition) is 3. The van der Waals surface area contributed by atoms with Gasteiger partial charge in [0.2, 0.25) is 0 Å². The van der Waals surface area contributed by atoms with Crippen molar-refractivity contribution in [2.24, 2.45) is 0 Å². The maximum atomic E-state index is 12.7. The maximum absolute atomic E-state index is 12.7. The first kappa shape index (κ1) is 19.0. The lowest BCUT2D eigenvalue weighted by Gasteiger charge is -2.11. The van der Waals surface area contributed by atoms with Gasteiger partial charge in [-0.15, -0.1) is 0 Å². The Labute approximate surface area is 174 Å². The Morgan fingerprint density at radius 2 is 1.72 bits per heavy atom. The predicted molar refractivity (Wildman–Crippen MR) is 117 cm³/mol. The molecule has 1 amide bonds. The van der Waals surface area contributed by atoms with E-state index in [2.05, 4.69) is 10.3 Å². The summed E-state index contributed by atoms with van der Waals surface area (Å²) >= 11 is 6.10. The molecule has 3 aromatic carbocycles. The molecule has 0 atom stereocenters. The molecule has 0 aliphatic rings. The van der Waals surface area contributed by atoms with E-state index in [1.807, 2.05) is 67.6 Å². The van der Waals surface area contributed by atoms with Gasteiger partial charge in [-0.25, -0.2) is 0 Å². The lowest BCUT2D eigenvalue weighted by Crippen LogP contribution is -2.12. The Balaban J connectivity index is 1.47. The summed E-state index contributed by atoms with van der Waals surface area (Å²) in [6.45, 7) is 2.29. The van der Waals surface area contributed by atoms with E-state index in [0.29, 0.717) is 22.9 Å². The van der Waals surface area contributed by atoms with Crippen molar-refractivity contribution in [3.05, 3.63) is 101 Å². The highest BCUT2D eigenvalue weighted by atomic mass is 35.5. The van der Waals surface area contributed by atoms with Gasteiger partial charge in [0.05, 0.1) is 16.2 Å². The van der Waals surface area contributed by atoms with Crippen LogP contribution in [0.25, 0.3) is 10.9 Å². The molecule has 0 saturated heterocycles. The highest BCUT2D eigenvalue weighted by molar-refractivity contribution is 6.32. The Morgan fingerprint density at radius 1 is 1.00 bits per heavy atom. The monoisotopic (exact) mass is 402 g/mol. The number of pyridine rings is 1. The molecule has 0 unspecified atom stereocenters. The van der Waals surface area contributed by atoms with Crippen LogP contribution in [0.2, 0.25) is 5.02 Å². The summed E-state index contributed by atoms with van der Waals surface area (Å²) in [6.07, 6.45) is 0. The Hall–Kier alpha value is -3.37. The third-order valence-corrected chi connectivity index (χ3v) is 4.85. The highest BCUT2D eigenvalue weighted by Gasteiger charge is 2.10. The molecule has 1 N–H and O–H groups in total. The number of aryl methyl sites for hydroxylation is 1. The van der Waals surface area contributed by atoms with Gasteiger partial charge in [-0.05, 0) is 48.9 Å². The van der Waals surface area contributed by atoms with Gasteiger partial charge in [0.15, 0.2) is 0 Å². The number of amides is 1. The molecule has 1 aromatic heterocycles. The number of aromatic nitrogens is 1. The molecule has 5 heteroatoms. The molecule has 0 fully saturated rings. The molecule has 0 aliphatic heterocycles. The third-order valence-electron chi connectivity index (χ3n) is 4.54. The van der Waals surface area contributed by atoms with Gasteiger partial charge in [0, 0.05) is 16.6 Å². The number of anilines is 1. The van der Waals surface area contributed by atoms with E-state index in [1.165, 1.54) is 0 Å². The van der Waals surface area contributed by atoms with Crippen molar-refractivity contribution < 1.29 is 9.53 Å². The van der Waals surface area contributed by atoms with Gasteiger partial charge >= 0.3 is 0 Å². The number of carbonyl (C=O) groups excluding carboxylic acids is 1. The predicted octanol–water partition coefficient (Wildman–Crippen LogP) is 6.03. The average Bonchev–Trinajstić information content (AvgIpc) is 2.73. The van der Waals surface area contributed by atoms with Crippen molar-refractivity contribution >= 4 is 34.1 Å². The third kappa shape index (κ3) is 4.39. The summed E-state index contributed by atoms with van der Waals surface area (Å²) in [4.78, 5) is 17.2. The number of hydrogen-bond donors (Lipinski definition) is 1. The number of ether oxygens (including phenoxy) is 1. The zero-order valence-corrected chi connectivity index (χ0v) is 16.6. The molecular weight excluding hydrogens is 384 g/mol. The summed E-state index contributed by atoms with van der Waals surface area (Å²) in [5, 5.41) is 4.48. The Bertz CT molecular complexity index is 1170. The van der Waals surface area contributed by atoms with Crippen LogP contribution in [0.3, 0.4) is 0 Å². The van der Waals surface area contributed by atoms with E-state index in [4.69, 9.17) is 16.3 Å². The van der Waals surface area contributed by atoms with Crippen molar-refractivity contribution in [1.82, 2.24) is 4.98 Å². The number of halogens is 1. The topological polar surface area (TPSA) is 51.2 Å². The lowest BCUT2D eigenvalue weighted by atomic mass is 10.1. The van der Waals surface area contributed by atoms with Crippen molar-refractivity contribution in [3.8, 4) is 5.75 Å². The molecule has 0 radical (unpaired) electrons. The number of carbonyl (C=O) groups is 1. The summed E-state index contributed by atoms with van der Waals surface area (Å²) < 4.78 is 5.74. The molecule has 1 heterocycles. The number of nitrogens with zero attached hydrogens (tertiary/aromatic N) is 1. The highest BCUT2D eigenvalue weighted by Crippen LogP contribution is 2.25. The second-order valence-corrected chi connectivity index (χ2v) is 7.11. The van der Waals surface area contributed by atoms with Gasteiger partial charge in [0.25, 0.3) is 5.91 Å². The fourth-order valence-electron chi connectivity index (χ4n) is 3.08. The number of para-hydroxylation sites is 2. The zero-order chi connectivity index (χ0) is 20.2. The van der Waals surface area contributed by atoms with E-state index in [-0.39, 0.29) is 5.91 Å². The molecule has 0 saturated carbocycles. The molecule has 4 nitrogen and oxygen atoms in total. The van der Waals surface area contributed by atoms with Crippen LogP contribution in [-0.4, -0.2) is 10.9 Å². The van der Waals surface area contributed by atoms with E-state index in [1.54, 1.807) is 18.2 Å². The SMILES string of the molecule is Cc1cc(NC(=O)c2ccc(COc3ccccc3Cl)cc2)c2ccccc2n1. The quantitative estimate of drug-likeness (QED) is 0.443. The largest absolute Gasteiger partial charge is 0.487 e. The van der Waals surface area contributed by atoms with Crippen LogP contribution < -0.4 is 10.1 Å². The molecule has 0 aliphatic carbocycles. The van der Waals surface area contributed by atoms with Gasteiger partial charge in [-0.1, -0.05) is 54.1 Å². The summed E-state index contributed by atoms with van der Waals surface area (Å²) in [5.74, 6) is 0.468. The minimum Gasteiger partial charge on any atom is -0.487 e. The van der Waals surface area contributed by atoms with Gasteiger partial charge in [0.1, 0.15) is 12.4 Å². The maximum Gasteiger partial charge on any atom is 0.255 e. The van der Waals surface area contributed by atoms with E-state index in [0.717, 1.165) is 27.8 Å². The van der Waals surface area contributed by atoms with E-state index >= 15 is 0 Å². The standard InChI is InChI=1S/C24H19ClN2O2/c1-16-14-22(19-6-2-4-8-21(19)26-16)27-24(28)18-12-10-17(11-13-18)15-29-23-9-5-3-7-20(23)25/h2-14H,15H2,1H3,(H,26,27,28). The lowest BCUT2D eigenvalue weighted by molar-refractivity contribution is 0.102. The minimum atomic E-state index is -0.167.